The quantitative estimate of drug-likeness (QED) is 0.681. The van der Waals surface area contributed by atoms with Gasteiger partial charge < -0.3 is 10.0 Å². The van der Waals surface area contributed by atoms with Gasteiger partial charge in [-0.15, -0.1) is 0 Å². The highest BCUT2D eigenvalue weighted by Gasteiger charge is 2.29. The van der Waals surface area contributed by atoms with Crippen LogP contribution in [0, 0.1) is 5.92 Å². The van der Waals surface area contributed by atoms with E-state index in [1.54, 1.807) is 0 Å². The van der Waals surface area contributed by atoms with E-state index >= 15 is 0 Å². The Hall–Kier alpha value is -2.91. The smallest absolute Gasteiger partial charge is 0.254 e. The highest BCUT2D eigenvalue weighted by molar-refractivity contribution is 5.95. The van der Waals surface area contributed by atoms with Crippen LogP contribution in [0.1, 0.15) is 46.0 Å². The fourth-order valence-electron chi connectivity index (χ4n) is 4.21. The maximum atomic E-state index is 13.2. The van der Waals surface area contributed by atoms with E-state index in [9.17, 15) is 9.90 Å². The molecule has 29 heavy (non-hydrogen) atoms. The molecular formula is C26H27NO2. The molecule has 0 spiro atoms. The summed E-state index contributed by atoms with van der Waals surface area (Å²) in [4.78, 5) is 15.2. The van der Waals surface area contributed by atoms with Crippen molar-refractivity contribution in [3.63, 3.8) is 0 Å². The Bertz CT molecular complexity index is 931. The van der Waals surface area contributed by atoms with E-state index in [0.29, 0.717) is 13.1 Å². The zero-order valence-corrected chi connectivity index (χ0v) is 16.6. The lowest BCUT2D eigenvalue weighted by atomic mass is 9.87. The average molecular weight is 386 g/mol. The summed E-state index contributed by atoms with van der Waals surface area (Å²) in [5.41, 5.74) is 4.02. The van der Waals surface area contributed by atoms with Crippen molar-refractivity contribution in [1.82, 2.24) is 4.90 Å². The van der Waals surface area contributed by atoms with Crippen molar-refractivity contribution in [2.24, 2.45) is 5.92 Å². The summed E-state index contributed by atoms with van der Waals surface area (Å²) >= 11 is 0. The van der Waals surface area contributed by atoms with Gasteiger partial charge in [0.1, 0.15) is 0 Å². The minimum Gasteiger partial charge on any atom is -0.388 e. The van der Waals surface area contributed by atoms with Crippen LogP contribution < -0.4 is 0 Å². The Morgan fingerprint density at radius 3 is 2.14 bits per heavy atom. The van der Waals surface area contributed by atoms with Crippen molar-refractivity contribution in [3.8, 4) is 0 Å². The van der Waals surface area contributed by atoms with Gasteiger partial charge in [-0.05, 0) is 47.9 Å². The van der Waals surface area contributed by atoms with Crippen molar-refractivity contribution >= 4 is 5.91 Å². The number of aliphatic hydroxyl groups is 1. The predicted molar refractivity (Wildman–Crippen MR) is 116 cm³/mol. The summed E-state index contributed by atoms with van der Waals surface area (Å²) < 4.78 is 0. The fraction of sp³-hybridized carbons (Fsp3) is 0.269. The first-order valence-corrected chi connectivity index (χ1v) is 10.4. The second-order valence-electron chi connectivity index (χ2n) is 7.80. The SMILES string of the molecule is O=C(c1ccccc1Cc1ccccc1)N1CCC(C(O)c2ccccc2)CC1. The van der Waals surface area contributed by atoms with Crippen molar-refractivity contribution in [3.05, 3.63) is 107 Å². The van der Waals surface area contributed by atoms with Crippen LogP contribution in [0.25, 0.3) is 0 Å². The molecule has 3 aromatic rings. The van der Waals surface area contributed by atoms with Crippen LogP contribution in [-0.2, 0) is 6.42 Å². The minimum atomic E-state index is -0.459. The summed E-state index contributed by atoms with van der Waals surface area (Å²) in [6, 6.07) is 28.0. The van der Waals surface area contributed by atoms with Gasteiger partial charge in [0.05, 0.1) is 6.10 Å². The van der Waals surface area contributed by atoms with Crippen molar-refractivity contribution in [2.45, 2.75) is 25.4 Å². The molecular weight excluding hydrogens is 358 g/mol. The third-order valence-corrected chi connectivity index (χ3v) is 5.90. The van der Waals surface area contributed by atoms with Crippen LogP contribution in [-0.4, -0.2) is 29.0 Å². The van der Waals surface area contributed by atoms with Gasteiger partial charge in [-0.1, -0.05) is 78.9 Å². The van der Waals surface area contributed by atoms with Crippen LogP contribution in [0.2, 0.25) is 0 Å². The summed E-state index contributed by atoms with van der Waals surface area (Å²) in [5.74, 6) is 0.296. The van der Waals surface area contributed by atoms with Crippen LogP contribution in [0.4, 0.5) is 0 Å². The first-order chi connectivity index (χ1) is 14.2. The molecule has 4 rings (SSSR count). The van der Waals surface area contributed by atoms with Gasteiger partial charge in [-0.25, -0.2) is 0 Å². The van der Waals surface area contributed by atoms with Gasteiger partial charge >= 0.3 is 0 Å². The Labute approximate surface area is 172 Å². The van der Waals surface area contributed by atoms with Crippen molar-refractivity contribution < 1.29 is 9.90 Å². The van der Waals surface area contributed by atoms with Crippen LogP contribution in [0.15, 0.2) is 84.9 Å². The number of piperidine rings is 1. The third-order valence-electron chi connectivity index (χ3n) is 5.90. The summed E-state index contributed by atoms with van der Waals surface area (Å²) in [6.45, 7) is 1.38. The predicted octanol–water partition coefficient (Wildman–Crippen LogP) is 4.86. The molecule has 0 bridgehead atoms. The zero-order chi connectivity index (χ0) is 20.1. The lowest BCUT2D eigenvalue weighted by Crippen LogP contribution is -2.40. The molecule has 1 heterocycles. The molecule has 148 valence electrons. The molecule has 1 aliphatic heterocycles. The minimum absolute atomic E-state index is 0.101. The average Bonchev–Trinajstić information content (AvgIpc) is 2.80. The van der Waals surface area contributed by atoms with E-state index in [-0.39, 0.29) is 11.8 Å². The van der Waals surface area contributed by atoms with Gasteiger partial charge in [0.2, 0.25) is 0 Å². The highest BCUT2D eigenvalue weighted by atomic mass is 16.3. The van der Waals surface area contributed by atoms with Crippen LogP contribution >= 0.6 is 0 Å². The summed E-state index contributed by atoms with van der Waals surface area (Å²) in [5, 5.41) is 10.7. The van der Waals surface area contributed by atoms with Gasteiger partial charge in [-0.3, -0.25) is 4.79 Å². The summed E-state index contributed by atoms with van der Waals surface area (Å²) in [6.07, 6.45) is 1.94. The molecule has 1 fully saturated rings. The molecule has 1 N–H and O–H groups in total. The van der Waals surface area contributed by atoms with E-state index < -0.39 is 6.10 Å². The van der Waals surface area contributed by atoms with E-state index in [1.807, 2.05) is 77.7 Å². The number of benzene rings is 3. The molecule has 3 heteroatoms. The standard InChI is InChI=1S/C26H27NO2/c28-25(21-11-5-2-6-12-21)22-15-17-27(18-16-22)26(29)24-14-8-7-13-23(24)19-20-9-3-1-4-10-20/h1-14,22,25,28H,15-19H2. The number of nitrogens with zero attached hydrogens (tertiary/aromatic N) is 1. The monoisotopic (exact) mass is 385 g/mol. The second-order valence-corrected chi connectivity index (χ2v) is 7.80. The Balaban J connectivity index is 1.42. The normalized spacial score (nSPS) is 15.8. The number of hydrogen-bond acceptors (Lipinski definition) is 2. The molecule has 0 saturated carbocycles. The first-order valence-electron chi connectivity index (χ1n) is 10.4. The molecule has 1 saturated heterocycles. The lowest BCUT2D eigenvalue weighted by Gasteiger charge is -2.34. The largest absolute Gasteiger partial charge is 0.388 e. The summed E-state index contributed by atoms with van der Waals surface area (Å²) in [7, 11) is 0. The number of hydrogen-bond donors (Lipinski definition) is 1. The fourth-order valence-corrected chi connectivity index (χ4v) is 4.21. The van der Waals surface area contributed by atoms with Gasteiger partial charge in [0.15, 0.2) is 0 Å². The lowest BCUT2D eigenvalue weighted by molar-refractivity contribution is 0.0461. The van der Waals surface area contributed by atoms with E-state index in [1.165, 1.54) is 5.56 Å². The molecule has 1 aliphatic rings. The van der Waals surface area contributed by atoms with E-state index in [2.05, 4.69) is 12.1 Å². The number of carbonyl (C=O) groups is 1. The zero-order valence-electron chi connectivity index (χ0n) is 16.6. The van der Waals surface area contributed by atoms with E-state index in [0.717, 1.165) is 36.0 Å². The Morgan fingerprint density at radius 2 is 1.45 bits per heavy atom. The Kier molecular flexibility index (Phi) is 6.06. The number of likely N-dealkylation sites (tertiary alicyclic amines) is 1. The molecule has 0 aliphatic carbocycles. The maximum Gasteiger partial charge on any atom is 0.254 e. The Morgan fingerprint density at radius 1 is 0.862 bits per heavy atom. The van der Waals surface area contributed by atoms with Crippen molar-refractivity contribution in [2.75, 3.05) is 13.1 Å². The van der Waals surface area contributed by atoms with E-state index in [4.69, 9.17) is 0 Å². The van der Waals surface area contributed by atoms with Gasteiger partial charge in [0.25, 0.3) is 5.91 Å². The maximum absolute atomic E-state index is 13.2. The molecule has 3 nitrogen and oxygen atoms in total. The topological polar surface area (TPSA) is 40.5 Å². The number of rotatable bonds is 5. The number of carbonyl (C=O) groups excluding carboxylic acids is 1. The second kappa shape index (κ2) is 9.06. The molecule has 0 radical (unpaired) electrons. The van der Waals surface area contributed by atoms with Gasteiger partial charge in [0, 0.05) is 18.7 Å². The number of aliphatic hydroxyl groups excluding tert-OH is 1. The van der Waals surface area contributed by atoms with Crippen molar-refractivity contribution in [1.29, 1.82) is 0 Å². The molecule has 1 amide bonds. The highest BCUT2D eigenvalue weighted by Crippen LogP contribution is 2.31. The van der Waals surface area contributed by atoms with Crippen LogP contribution in [0.5, 0.6) is 0 Å². The van der Waals surface area contributed by atoms with Crippen LogP contribution in [0.3, 0.4) is 0 Å². The molecule has 3 aromatic carbocycles. The molecule has 1 unspecified atom stereocenters. The first kappa shape index (κ1) is 19.4. The molecule has 1 atom stereocenters. The third kappa shape index (κ3) is 4.57. The number of amides is 1. The molecule has 0 aromatic heterocycles. The van der Waals surface area contributed by atoms with Gasteiger partial charge in [-0.2, -0.15) is 0 Å².